The first-order valence-electron chi connectivity index (χ1n) is 24.2. The van der Waals surface area contributed by atoms with E-state index < -0.39 is 89.7 Å². The van der Waals surface area contributed by atoms with Gasteiger partial charge in [-0.1, -0.05) is 36.8 Å². The summed E-state index contributed by atoms with van der Waals surface area (Å²) in [7, 11) is 0. The predicted molar refractivity (Wildman–Crippen MR) is 262 cm³/mol. The minimum atomic E-state index is -1.90. The minimum absolute atomic E-state index is 0.0251. The molecule has 0 aliphatic carbocycles. The van der Waals surface area contributed by atoms with Crippen LogP contribution in [0.2, 0.25) is 0 Å². The molecule has 16 N–H and O–H groups in total. The van der Waals surface area contributed by atoms with Gasteiger partial charge in [0.2, 0.25) is 29.5 Å². The molecule has 7 amide bonds. The number of nitrogen functional groups attached to an aromatic ring is 1. The zero-order valence-corrected chi connectivity index (χ0v) is 40.4. The second kappa shape index (κ2) is 28.8. The highest BCUT2D eigenvalue weighted by Crippen LogP contribution is 2.27. The number of carboxylic acid groups (broad SMARTS) is 1. The van der Waals surface area contributed by atoms with E-state index >= 15 is 0 Å². The van der Waals surface area contributed by atoms with Crippen molar-refractivity contribution in [3.05, 3.63) is 59.8 Å². The number of guanidine groups is 1. The Morgan fingerprint density at radius 2 is 1.46 bits per heavy atom. The largest absolute Gasteiger partial charge is 0.480 e. The van der Waals surface area contributed by atoms with Gasteiger partial charge in [-0.3, -0.25) is 43.5 Å². The van der Waals surface area contributed by atoms with E-state index in [-0.39, 0.29) is 94.9 Å². The molecule has 1 aromatic heterocycles. The summed E-state index contributed by atoms with van der Waals surface area (Å²) < 4.78 is 0. The van der Waals surface area contributed by atoms with Crippen LogP contribution in [0, 0.1) is 0 Å². The summed E-state index contributed by atoms with van der Waals surface area (Å²) in [6.07, 6.45) is 3.00. The van der Waals surface area contributed by atoms with E-state index in [4.69, 9.17) is 28.8 Å². The number of pyridine rings is 1. The Hall–Kier alpha value is -6.76. The van der Waals surface area contributed by atoms with Crippen LogP contribution in [-0.2, 0) is 40.0 Å². The van der Waals surface area contributed by atoms with E-state index in [0.717, 1.165) is 0 Å². The van der Waals surface area contributed by atoms with E-state index in [1.54, 1.807) is 30.3 Å². The van der Waals surface area contributed by atoms with Crippen LogP contribution in [0.25, 0.3) is 0 Å². The number of hydrogen-bond acceptors (Lipinski definition) is 15. The fourth-order valence-corrected chi connectivity index (χ4v) is 8.78. The van der Waals surface area contributed by atoms with Gasteiger partial charge in [-0.05, 0) is 108 Å². The number of hydrazine groups is 1. The number of carbonyl (C=O) groups excluding carboxylic acids is 7. The molecule has 2 aliphatic rings. The number of unbranched alkanes of at least 4 members (excludes halogenated alkanes) is 3. The Morgan fingerprint density at radius 3 is 2.08 bits per heavy atom. The monoisotopic (exact) mass is 993 g/mol. The smallest absolute Gasteiger partial charge is 0.326 e. The van der Waals surface area contributed by atoms with Crippen LogP contribution in [0.1, 0.15) is 106 Å². The second-order valence-corrected chi connectivity index (χ2v) is 17.8. The molecule has 0 saturated carbocycles. The highest BCUT2D eigenvalue weighted by atomic mass is 16.4. The SMILES string of the molecule is C[C@@H](O)[C@@H](C(=O)N[C@@H](CCCCN)C(=O)N1CCC[C@H]1C(=O)N1CCC[C@H]1C(=O)N[C@@H](CCCN=C(N)N)C(=O)O)N(C(=O)CCCCCN)C(=O)[C@H](Cc1ccccc1)NC(=O)c1ccc(NN)nc1. The van der Waals surface area contributed by atoms with Crippen molar-refractivity contribution in [2.45, 2.75) is 139 Å². The van der Waals surface area contributed by atoms with E-state index in [9.17, 15) is 48.6 Å². The zero-order chi connectivity index (χ0) is 52.0. The first-order chi connectivity index (χ1) is 34.0. The molecule has 71 heavy (non-hydrogen) atoms. The number of aromatic nitrogens is 1. The standard InChI is InChI=1S/C47H72N14O10/c1-29(62)39(61(38(63)19-6-3-8-22-48)44(68)34(27-30-13-4-2-5-14-30)57-40(64)31-20-21-37(58-52)54-28-31)42(66)55-32(15-7-9-23-49)43(67)60-26-12-18-36(60)45(69)59-25-11-17-35(59)41(65)56-33(46(70)71)16-10-24-53-47(50)51/h2,4-5,13-14,20-21,28-29,32-36,39,62H,3,6-12,15-19,22-27,48-49,52H2,1H3,(H,54,58)(H,55,66)(H,56,65)(H,57,64)(H,70,71)(H4,50,51,53)/t29-,32+,33+,34+,35+,36+,39+/m1/s1. The molecular formula is C47H72N14O10. The summed E-state index contributed by atoms with van der Waals surface area (Å²) in [4.78, 5) is 124. The number of hydrogen-bond donors (Lipinski definition) is 11. The van der Waals surface area contributed by atoms with Crippen LogP contribution in [0.3, 0.4) is 0 Å². The Balaban J connectivity index is 1.63. The van der Waals surface area contributed by atoms with Crippen LogP contribution >= 0.6 is 0 Å². The number of aliphatic imine (C=N–C) groups is 1. The molecule has 1 aromatic carbocycles. The number of anilines is 1. The molecule has 0 bridgehead atoms. The second-order valence-electron chi connectivity index (χ2n) is 17.8. The third kappa shape index (κ3) is 16.7. The number of imide groups is 1. The van der Waals surface area contributed by atoms with Crippen molar-refractivity contribution in [3.8, 4) is 0 Å². The van der Waals surface area contributed by atoms with Gasteiger partial charge in [0, 0.05) is 38.7 Å². The molecular weight excluding hydrogens is 921 g/mol. The number of likely N-dealkylation sites (tertiary alicyclic amines) is 2. The van der Waals surface area contributed by atoms with Gasteiger partial charge in [-0.2, -0.15) is 0 Å². The van der Waals surface area contributed by atoms with E-state index in [1.165, 1.54) is 35.1 Å². The number of rotatable bonds is 28. The first kappa shape index (κ1) is 56.8. The maximum atomic E-state index is 15.0. The van der Waals surface area contributed by atoms with Crippen LogP contribution < -0.4 is 50.2 Å². The number of nitrogens with two attached hydrogens (primary N) is 5. The number of carboxylic acids is 1. The van der Waals surface area contributed by atoms with Crippen molar-refractivity contribution < 1.29 is 48.6 Å². The van der Waals surface area contributed by atoms with Crippen LogP contribution in [0.5, 0.6) is 0 Å². The fourth-order valence-electron chi connectivity index (χ4n) is 8.78. The number of aliphatic hydroxyl groups excluding tert-OH is 1. The maximum absolute atomic E-state index is 15.0. The number of carbonyl (C=O) groups is 8. The molecule has 24 nitrogen and oxygen atoms in total. The normalized spacial score (nSPS) is 17.5. The van der Waals surface area contributed by atoms with Crippen molar-refractivity contribution in [2.24, 2.45) is 33.8 Å². The fraction of sp³-hybridized carbons (Fsp3) is 0.574. The van der Waals surface area contributed by atoms with Gasteiger partial charge in [0.05, 0.1) is 11.7 Å². The molecule has 390 valence electrons. The van der Waals surface area contributed by atoms with E-state index in [2.05, 4.69) is 31.4 Å². The average Bonchev–Trinajstić information content (AvgIpc) is 4.06. The topological polar surface area (TPSA) is 390 Å². The molecule has 2 fully saturated rings. The number of benzene rings is 1. The Bertz CT molecular complexity index is 2140. The van der Waals surface area contributed by atoms with Gasteiger partial charge in [0.15, 0.2) is 5.96 Å². The molecule has 2 saturated heterocycles. The lowest BCUT2D eigenvalue weighted by Crippen LogP contribution is -2.63. The first-order valence-corrected chi connectivity index (χ1v) is 24.2. The maximum Gasteiger partial charge on any atom is 0.326 e. The number of nitrogens with one attached hydrogen (secondary N) is 4. The number of aliphatic carboxylic acids is 1. The summed E-state index contributed by atoms with van der Waals surface area (Å²) in [5.74, 6) is -1.13. The zero-order valence-electron chi connectivity index (χ0n) is 40.4. The molecule has 0 unspecified atom stereocenters. The summed E-state index contributed by atoms with van der Waals surface area (Å²) in [5, 5.41) is 29.2. The van der Waals surface area contributed by atoms with Crippen molar-refractivity contribution in [1.82, 2.24) is 35.6 Å². The van der Waals surface area contributed by atoms with Crippen molar-refractivity contribution >= 4 is 59.1 Å². The molecule has 2 aliphatic heterocycles. The molecule has 3 heterocycles. The van der Waals surface area contributed by atoms with Crippen LogP contribution in [-0.4, -0.2) is 158 Å². The lowest BCUT2D eigenvalue weighted by molar-refractivity contribution is -0.157. The number of aliphatic hydroxyl groups is 1. The summed E-state index contributed by atoms with van der Waals surface area (Å²) >= 11 is 0. The van der Waals surface area contributed by atoms with Gasteiger partial charge in [-0.15, -0.1) is 0 Å². The van der Waals surface area contributed by atoms with Gasteiger partial charge in [0.1, 0.15) is 42.1 Å². The number of nitrogens with zero attached hydrogens (tertiary/aromatic N) is 5. The average molecular weight is 993 g/mol. The molecule has 0 radical (unpaired) electrons. The molecule has 4 rings (SSSR count). The molecule has 2 aromatic rings. The highest BCUT2D eigenvalue weighted by molar-refractivity contribution is 6.05. The minimum Gasteiger partial charge on any atom is -0.480 e. The lowest BCUT2D eigenvalue weighted by Gasteiger charge is -2.36. The van der Waals surface area contributed by atoms with Gasteiger partial charge >= 0.3 is 5.97 Å². The lowest BCUT2D eigenvalue weighted by atomic mass is 10.00. The van der Waals surface area contributed by atoms with Gasteiger partial charge in [0.25, 0.3) is 11.8 Å². The van der Waals surface area contributed by atoms with Crippen molar-refractivity contribution in [3.63, 3.8) is 0 Å². The molecule has 0 spiro atoms. The van der Waals surface area contributed by atoms with Crippen molar-refractivity contribution in [2.75, 3.05) is 38.1 Å². The summed E-state index contributed by atoms with van der Waals surface area (Å²) in [6.45, 7) is 2.28. The molecule has 7 atom stereocenters. The third-order valence-corrected chi connectivity index (χ3v) is 12.4. The highest BCUT2D eigenvalue weighted by Gasteiger charge is 2.46. The van der Waals surface area contributed by atoms with Crippen molar-refractivity contribution in [1.29, 1.82) is 0 Å². The van der Waals surface area contributed by atoms with Crippen LogP contribution in [0.15, 0.2) is 53.7 Å². The summed E-state index contributed by atoms with van der Waals surface area (Å²) in [6, 6.07) is 3.51. The third-order valence-electron chi connectivity index (χ3n) is 12.4. The van der Waals surface area contributed by atoms with Gasteiger partial charge < -0.3 is 64.3 Å². The van der Waals surface area contributed by atoms with E-state index in [0.29, 0.717) is 55.5 Å². The van der Waals surface area contributed by atoms with Crippen LogP contribution in [0.4, 0.5) is 5.82 Å². The predicted octanol–water partition coefficient (Wildman–Crippen LogP) is -1.45. The quantitative estimate of drug-likeness (QED) is 0.0153. The Labute approximate surface area is 413 Å². The Kier molecular flexibility index (Phi) is 23.0. The molecule has 24 heteroatoms. The van der Waals surface area contributed by atoms with Gasteiger partial charge in [-0.25, -0.2) is 15.6 Å². The van der Waals surface area contributed by atoms with E-state index in [1.807, 2.05) is 0 Å². The Morgan fingerprint density at radius 1 is 0.803 bits per heavy atom. The number of amides is 7. The summed E-state index contributed by atoms with van der Waals surface area (Å²) in [5.41, 5.74) is 25.3.